The van der Waals surface area contributed by atoms with Crippen LogP contribution in [0.3, 0.4) is 0 Å². The predicted octanol–water partition coefficient (Wildman–Crippen LogP) is -0.0891. The van der Waals surface area contributed by atoms with Crippen LogP contribution in [-0.2, 0) is 13.7 Å². The quantitative estimate of drug-likeness (QED) is 0.508. The third-order valence-electron chi connectivity index (χ3n) is 0.567. The highest BCUT2D eigenvalue weighted by Gasteiger charge is 2.40. The first-order valence-corrected chi connectivity index (χ1v) is 5.65. The van der Waals surface area contributed by atoms with Crippen molar-refractivity contribution in [3.63, 3.8) is 0 Å². The van der Waals surface area contributed by atoms with Gasteiger partial charge in [0.25, 0.3) is 0 Å². The molecule has 0 aliphatic heterocycles. The Morgan fingerprint density at radius 2 is 1.56 bits per heavy atom. The molecule has 0 amide bonds. The van der Waals surface area contributed by atoms with Crippen molar-refractivity contribution in [2.45, 2.75) is 0 Å². The van der Waals surface area contributed by atoms with Crippen molar-refractivity contribution in [2.24, 2.45) is 0 Å². The maximum Gasteiger partial charge on any atom is 0.438 e. The third-order valence-corrected chi connectivity index (χ3v) is 4.17. The van der Waals surface area contributed by atoms with E-state index in [0.29, 0.717) is 0 Å². The van der Waals surface area contributed by atoms with Crippen LogP contribution in [0.25, 0.3) is 0 Å². The van der Waals surface area contributed by atoms with E-state index in [1.807, 2.05) is 0 Å². The van der Waals surface area contributed by atoms with Gasteiger partial charge in [0.2, 0.25) is 0 Å². The van der Waals surface area contributed by atoms with Crippen LogP contribution < -0.4 is 0 Å². The van der Waals surface area contributed by atoms with E-state index >= 15 is 0 Å². The highest BCUT2D eigenvalue weighted by molar-refractivity contribution is 8.26. The predicted molar refractivity (Wildman–Crippen MR) is 28.9 cm³/mol. The molecule has 0 radical (unpaired) electrons. The topological polar surface area (TPSA) is 104 Å². The maximum atomic E-state index is 10.2. The lowest BCUT2D eigenvalue weighted by atomic mass is 11.8. The fourth-order valence-electron chi connectivity index (χ4n) is 0.106. The van der Waals surface area contributed by atoms with Crippen LogP contribution in [0.1, 0.15) is 0 Å². The summed E-state index contributed by atoms with van der Waals surface area (Å²) in [6.45, 7) is 0. The minimum Gasteiger partial charge on any atom is -0.316 e. The number of hydrogen-bond acceptors (Lipinski definition) is 3. The summed E-state index contributed by atoms with van der Waals surface area (Å²) in [5, 5.41) is 0. The minimum absolute atomic E-state index is 0.750. The third kappa shape index (κ3) is 2.18. The van der Waals surface area contributed by atoms with Crippen molar-refractivity contribution >= 4 is 14.6 Å². The molecule has 0 aromatic rings. The maximum absolute atomic E-state index is 10.2. The lowest BCUT2D eigenvalue weighted by molar-refractivity contribution is 0.305. The standard InChI is InChI=1S/CH6O6P2/c1-7-9(5,6)8(2,3)4/h1H3,(H,5,6)(H2,2,3,4). The lowest BCUT2D eigenvalue weighted by Gasteiger charge is -2.08. The van der Waals surface area contributed by atoms with E-state index in [0.717, 1.165) is 7.11 Å². The van der Waals surface area contributed by atoms with Gasteiger partial charge in [-0.15, -0.1) is 0 Å². The molecule has 56 valence electrons. The van der Waals surface area contributed by atoms with Crippen LogP contribution in [0.5, 0.6) is 0 Å². The van der Waals surface area contributed by atoms with Crippen LogP contribution in [0.15, 0.2) is 0 Å². The second-order valence-corrected chi connectivity index (χ2v) is 6.64. The van der Waals surface area contributed by atoms with Gasteiger partial charge in [0, 0.05) is 7.11 Å². The fraction of sp³-hybridized carbons (Fsp3) is 1.00. The molecule has 0 rings (SSSR count). The van der Waals surface area contributed by atoms with Crippen molar-refractivity contribution < 1.29 is 28.3 Å². The molecule has 0 fully saturated rings. The average Bonchev–Trinajstić information content (AvgIpc) is 1.64. The Morgan fingerprint density at radius 3 is 1.56 bits per heavy atom. The number of hydrogen-bond donors (Lipinski definition) is 3. The smallest absolute Gasteiger partial charge is 0.316 e. The van der Waals surface area contributed by atoms with E-state index in [-0.39, 0.29) is 0 Å². The van der Waals surface area contributed by atoms with Crippen LogP contribution in [0.4, 0.5) is 0 Å². The molecule has 1 unspecified atom stereocenters. The first-order chi connectivity index (χ1) is 3.81. The van der Waals surface area contributed by atoms with Gasteiger partial charge in [-0.1, -0.05) is 0 Å². The van der Waals surface area contributed by atoms with E-state index in [1.165, 1.54) is 0 Å². The summed E-state index contributed by atoms with van der Waals surface area (Å²) in [4.78, 5) is 24.3. The monoisotopic (exact) mass is 176 g/mol. The van der Waals surface area contributed by atoms with E-state index in [4.69, 9.17) is 14.7 Å². The normalized spacial score (nSPS) is 19.1. The molecule has 9 heavy (non-hydrogen) atoms. The first kappa shape index (κ1) is 9.30. The molecule has 0 bridgehead atoms. The van der Waals surface area contributed by atoms with Crippen molar-refractivity contribution in [1.82, 2.24) is 0 Å². The van der Waals surface area contributed by atoms with Crippen molar-refractivity contribution in [3.8, 4) is 0 Å². The van der Waals surface area contributed by atoms with Gasteiger partial charge in [-0.25, -0.2) is 9.13 Å². The molecule has 8 heteroatoms. The summed E-state index contributed by atoms with van der Waals surface area (Å²) in [7, 11) is -8.92. The van der Waals surface area contributed by atoms with Gasteiger partial charge < -0.3 is 19.2 Å². The molecule has 0 heterocycles. The molecule has 1 atom stereocenters. The van der Waals surface area contributed by atoms with Gasteiger partial charge >= 0.3 is 14.6 Å². The van der Waals surface area contributed by atoms with Gasteiger partial charge in [0.05, 0.1) is 0 Å². The molecule has 0 spiro atoms. The molecule has 0 saturated carbocycles. The Balaban J connectivity index is 4.56. The Morgan fingerprint density at radius 1 is 1.22 bits per heavy atom. The van der Waals surface area contributed by atoms with E-state index < -0.39 is 14.6 Å². The summed E-state index contributed by atoms with van der Waals surface area (Å²) in [5.74, 6) is 0. The molecule has 0 aliphatic rings. The Labute approximate surface area is 51.1 Å². The largest absolute Gasteiger partial charge is 0.438 e. The van der Waals surface area contributed by atoms with E-state index in [2.05, 4.69) is 4.52 Å². The second kappa shape index (κ2) is 2.50. The molecular formula is CH6O6P2. The first-order valence-electron chi connectivity index (χ1n) is 1.76. The van der Waals surface area contributed by atoms with Gasteiger partial charge in [0.1, 0.15) is 0 Å². The number of rotatable bonds is 2. The average molecular weight is 176 g/mol. The lowest BCUT2D eigenvalue weighted by Crippen LogP contribution is -1.84. The Kier molecular flexibility index (Phi) is 2.58. The molecule has 0 saturated heterocycles. The molecule has 0 aromatic carbocycles. The van der Waals surface area contributed by atoms with Gasteiger partial charge in [-0.05, 0) is 0 Å². The molecule has 0 aromatic heterocycles. The Bertz CT molecular complexity index is 177. The van der Waals surface area contributed by atoms with E-state index in [9.17, 15) is 9.13 Å². The summed E-state index contributed by atoms with van der Waals surface area (Å²) >= 11 is 0. The highest BCUT2D eigenvalue weighted by atomic mass is 32.1. The summed E-state index contributed by atoms with van der Waals surface area (Å²) in [6.07, 6.45) is 0. The zero-order valence-corrected chi connectivity index (χ0v) is 6.25. The second-order valence-electron chi connectivity index (χ2n) is 1.19. The van der Waals surface area contributed by atoms with Gasteiger partial charge in [0.15, 0.2) is 0 Å². The zero-order valence-electron chi connectivity index (χ0n) is 4.46. The van der Waals surface area contributed by atoms with Crippen LogP contribution in [0, 0.1) is 0 Å². The van der Waals surface area contributed by atoms with E-state index in [1.54, 1.807) is 0 Å². The van der Waals surface area contributed by atoms with Crippen molar-refractivity contribution in [1.29, 1.82) is 0 Å². The zero-order chi connectivity index (χ0) is 7.71. The summed E-state index contributed by atoms with van der Waals surface area (Å²) < 4.78 is 23.8. The summed E-state index contributed by atoms with van der Waals surface area (Å²) in [5.41, 5.74) is 0. The minimum atomic E-state index is -4.98. The molecule has 0 aliphatic carbocycles. The SMILES string of the molecule is COP(=O)(O)P(=O)(O)O. The van der Waals surface area contributed by atoms with Gasteiger partial charge in [-0.2, -0.15) is 0 Å². The molecular weight excluding hydrogens is 170 g/mol. The van der Waals surface area contributed by atoms with Gasteiger partial charge in [-0.3, -0.25) is 0 Å². The summed E-state index contributed by atoms with van der Waals surface area (Å²) in [6, 6.07) is 0. The van der Waals surface area contributed by atoms with Crippen molar-refractivity contribution in [2.75, 3.05) is 7.11 Å². The van der Waals surface area contributed by atoms with Crippen LogP contribution >= 0.6 is 14.6 Å². The molecule has 3 N–H and O–H groups in total. The highest BCUT2D eigenvalue weighted by Crippen LogP contribution is 2.74. The van der Waals surface area contributed by atoms with Crippen LogP contribution in [-0.4, -0.2) is 21.8 Å². The fourth-order valence-corrected chi connectivity index (χ4v) is 0.957. The van der Waals surface area contributed by atoms with Crippen LogP contribution in [0.2, 0.25) is 0 Å². The Hall–Kier alpha value is 0.300. The molecule has 6 nitrogen and oxygen atoms in total. The van der Waals surface area contributed by atoms with Crippen molar-refractivity contribution in [3.05, 3.63) is 0 Å².